The quantitative estimate of drug-likeness (QED) is 0.182. The van der Waals surface area contributed by atoms with E-state index in [1.54, 1.807) is 0 Å². The first kappa shape index (κ1) is 28.9. The van der Waals surface area contributed by atoms with Crippen molar-refractivity contribution in [1.82, 2.24) is 4.57 Å². The van der Waals surface area contributed by atoms with E-state index in [1.807, 2.05) is 0 Å². The Labute approximate surface area is 293 Å². The van der Waals surface area contributed by atoms with E-state index in [0.29, 0.717) is 18.0 Å². The van der Waals surface area contributed by atoms with Gasteiger partial charge in [0.15, 0.2) is 0 Å². The van der Waals surface area contributed by atoms with Crippen molar-refractivity contribution in [1.29, 1.82) is 0 Å². The van der Waals surface area contributed by atoms with Crippen molar-refractivity contribution < 1.29 is 0 Å². The minimum absolute atomic E-state index is 0.339. The first-order valence-electron chi connectivity index (χ1n) is 17.7. The summed E-state index contributed by atoms with van der Waals surface area (Å²) in [5.41, 5.74) is 13.9. The second kappa shape index (κ2) is 11.8. The van der Waals surface area contributed by atoms with Gasteiger partial charge in [-0.25, -0.2) is 0 Å². The van der Waals surface area contributed by atoms with Crippen LogP contribution < -0.4 is 4.90 Å². The highest BCUT2D eigenvalue weighted by atomic mass is 15.2. The highest BCUT2D eigenvalue weighted by molar-refractivity contribution is 6.10. The molecule has 50 heavy (non-hydrogen) atoms. The minimum atomic E-state index is 0.339. The van der Waals surface area contributed by atoms with Crippen molar-refractivity contribution in [3.8, 4) is 27.9 Å². The Balaban J connectivity index is 0.984. The molecular weight excluding hydrogens is 605 g/mol. The second-order valence-electron chi connectivity index (χ2n) is 13.7. The number of para-hydroxylation sites is 2. The number of allylic oxidation sites excluding steroid dienone is 4. The Kier molecular flexibility index (Phi) is 6.80. The number of hydrogen-bond acceptors (Lipinski definition) is 1. The van der Waals surface area contributed by atoms with Crippen LogP contribution in [0.1, 0.15) is 23.5 Å². The summed E-state index contributed by atoms with van der Waals surface area (Å²) in [6.45, 7) is 0. The third kappa shape index (κ3) is 4.71. The van der Waals surface area contributed by atoms with E-state index in [2.05, 4.69) is 198 Å². The molecule has 238 valence electrons. The standard InChI is InChI=1S/C48H36N2/c1-3-12-33(13-4-1)36-14-11-17-40(30-36)50-46-21-10-8-19-42(46)44-32-38(27-29-48(44)50)35-24-22-34(23-25-35)37-26-28-47-43(31-37)41-18-7-9-20-45(41)49(47)39-15-5-2-6-16-39/h1-15,17-32,39,43,47H,16H2. The smallest absolute Gasteiger partial charge is 0.0587 e. The van der Waals surface area contributed by atoms with Crippen LogP contribution in [0.2, 0.25) is 0 Å². The molecule has 1 aromatic heterocycles. The molecule has 10 rings (SSSR count). The molecule has 0 bridgehead atoms. The normalized spacial score (nSPS) is 19.2. The molecule has 1 aliphatic heterocycles. The zero-order valence-electron chi connectivity index (χ0n) is 27.7. The zero-order valence-corrected chi connectivity index (χ0v) is 27.7. The molecular formula is C48H36N2. The molecule has 7 aromatic rings. The molecule has 0 spiro atoms. The van der Waals surface area contributed by atoms with Crippen molar-refractivity contribution >= 4 is 33.1 Å². The van der Waals surface area contributed by atoms with Gasteiger partial charge in [0.25, 0.3) is 0 Å². The summed E-state index contributed by atoms with van der Waals surface area (Å²) in [5.74, 6) is 0.346. The third-order valence-corrected chi connectivity index (χ3v) is 10.8. The fourth-order valence-corrected chi connectivity index (χ4v) is 8.48. The van der Waals surface area contributed by atoms with Crippen molar-refractivity contribution in [3.05, 3.63) is 199 Å². The summed E-state index contributed by atoms with van der Waals surface area (Å²) in [6.07, 6.45) is 17.3. The van der Waals surface area contributed by atoms with Crippen LogP contribution in [0.3, 0.4) is 0 Å². The van der Waals surface area contributed by atoms with Crippen LogP contribution in [0.25, 0.3) is 55.3 Å². The van der Waals surface area contributed by atoms with Crippen molar-refractivity contribution in [2.75, 3.05) is 4.90 Å². The lowest BCUT2D eigenvalue weighted by atomic mass is 9.86. The summed E-state index contributed by atoms with van der Waals surface area (Å²) in [7, 11) is 0. The number of aromatic nitrogens is 1. The average Bonchev–Trinajstić information content (AvgIpc) is 3.71. The van der Waals surface area contributed by atoms with Gasteiger partial charge in [0.05, 0.1) is 23.1 Å². The van der Waals surface area contributed by atoms with E-state index in [1.165, 1.54) is 72.1 Å². The van der Waals surface area contributed by atoms with E-state index < -0.39 is 0 Å². The van der Waals surface area contributed by atoms with Gasteiger partial charge in [-0.15, -0.1) is 0 Å². The predicted octanol–water partition coefficient (Wildman–Crippen LogP) is 11.9. The number of hydrogen-bond donors (Lipinski definition) is 0. The third-order valence-electron chi connectivity index (χ3n) is 10.8. The molecule has 0 saturated heterocycles. The number of nitrogens with zero attached hydrogens (tertiary/aromatic N) is 2. The van der Waals surface area contributed by atoms with Crippen molar-refractivity contribution in [2.24, 2.45) is 0 Å². The highest BCUT2D eigenvalue weighted by Crippen LogP contribution is 2.47. The Morgan fingerprint density at radius 2 is 1.24 bits per heavy atom. The lowest BCUT2D eigenvalue weighted by Gasteiger charge is -2.35. The van der Waals surface area contributed by atoms with Crippen molar-refractivity contribution in [3.63, 3.8) is 0 Å². The largest absolute Gasteiger partial charge is 0.357 e. The van der Waals surface area contributed by atoms with Gasteiger partial charge >= 0.3 is 0 Å². The predicted molar refractivity (Wildman–Crippen MR) is 211 cm³/mol. The van der Waals surface area contributed by atoms with Crippen LogP contribution in [0.5, 0.6) is 0 Å². The topological polar surface area (TPSA) is 8.17 Å². The van der Waals surface area contributed by atoms with E-state index in [0.717, 1.165) is 6.42 Å². The van der Waals surface area contributed by atoms with Crippen molar-refractivity contribution in [2.45, 2.75) is 24.4 Å². The lowest BCUT2D eigenvalue weighted by molar-refractivity contribution is 0.615. The van der Waals surface area contributed by atoms with Gasteiger partial charge in [-0.2, -0.15) is 0 Å². The number of anilines is 1. The van der Waals surface area contributed by atoms with Gasteiger partial charge < -0.3 is 9.47 Å². The molecule has 3 unspecified atom stereocenters. The molecule has 2 nitrogen and oxygen atoms in total. The van der Waals surface area contributed by atoms with Gasteiger partial charge in [-0.3, -0.25) is 0 Å². The maximum atomic E-state index is 2.62. The molecule has 0 radical (unpaired) electrons. The Morgan fingerprint density at radius 1 is 0.520 bits per heavy atom. The van der Waals surface area contributed by atoms with Gasteiger partial charge in [0, 0.05) is 28.1 Å². The van der Waals surface area contributed by atoms with Crippen LogP contribution in [0, 0.1) is 0 Å². The molecule has 2 heterocycles. The van der Waals surface area contributed by atoms with Crippen LogP contribution >= 0.6 is 0 Å². The second-order valence-corrected chi connectivity index (χ2v) is 13.7. The molecule has 3 atom stereocenters. The molecule has 0 N–H and O–H groups in total. The molecule has 0 saturated carbocycles. The van der Waals surface area contributed by atoms with Gasteiger partial charge in [0.2, 0.25) is 0 Å². The van der Waals surface area contributed by atoms with Crippen LogP contribution in [-0.4, -0.2) is 16.7 Å². The molecule has 3 aliphatic rings. The van der Waals surface area contributed by atoms with Gasteiger partial charge in [-0.1, -0.05) is 152 Å². The average molecular weight is 641 g/mol. The SMILES string of the molecule is C1=CCC(N2c3ccccc3C3C=C(c4ccc(-c5ccc6c(c5)c5ccccc5n6-c5cccc(-c6ccccc6)c5)cc4)C=CC32)C=C1. The first-order chi connectivity index (χ1) is 24.8. The maximum absolute atomic E-state index is 2.62. The van der Waals surface area contributed by atoms with E-state index in [-0.39, 0.29) is 0 Å². The summed E-state index contributed by atoms with van der Waals surface area (Å²) in [6, 6.07) is 54.1. The lowest BCUT2D eigenvalue weighted by Crippen LogP contribution is -2.40. The molecule has 0 fully saturated rings. The molecule has 0 amide bonds. The van der Waals surface area contributed by atoms with E-state index >= 15 is 0 Å². The Hall–Kier alpha value is -6.12. The van der Waals surface area contributed by atoms with Gasteiger partial charge in [-0.05, 0) is 81.8 Å². The fraction of sp³-hybridized carbons (Fsp3) is 0.0833. The molecule has 2 aliphatic carbocycles. The van der Waals surface area contributed by atoms with Crippen LogP contribution in [0.15, 0.2) is 188 Å². The van der Waals surface area contributed by atoms with Crippen LogP contribution in [0.4, 0.5) is 5.69 Å². The first-order valence-corrected chi connectivity index (χ1v) is 17.7. The fourth-order valence-electron chi connectivity index (χ4n) is 8.48. The molecule has 2 heteroatoms. The Bertz CT molecular complexity index is 2530. The number of rotatable bonds is 5. The number of benzene rings is 6. The summed E-state index contributed by atoms with van der Waals surface area (Å²) in [4.78, 5) is 2.62. The number of fused-ring (bicyclic) bond motifs is 6. The Morgan fingerprint density at radius 3 is 2.12 bits per heavy atom. The summed E-state index contributed by atoms with van der Waals surface area (Å²) < 4.78 is 2.41. The zero-order chi connectivity index (χ0) is 33.0. The van der Waals surface area contributed by atoms with Gasteiger partial charge in [0.1, 0.15) is 0 Å². The monoisotopic (exact) mass is 640 g/mol. The summed E-state index contributed by atoms with van der Waals surface area (Å²) >= 11 is 0. The maximum Gasteiger partial charge on any atom is 0.0587 e. The van der Waals surface area contributed by atoms with Crippen LogP contribution in [-0.2, 0) is 0 Å². The summed E-state index contributed by atoms with van der Waals surface area (Å²) in [5, 5.41) is 2.53. The highest BCUT2D eigenvalue weighted by Gasteiger charge is 2.39. The van der Waals surface area contributed by atoms with E-state index in [9.17, 15) is 0 Å². The van der Waals surface area contributed by atoms with E-state index in [4.69, 9.17) is 0 Å². The minimum Gasteiger partial charge on any atom is -0.357 e. The molecule has 6 aromatic carbocycles.